The Morgan fingerprint density at radius 1 is 1.08 bits per heavy atom. The molecule has 11 heteroatoms. The third kappa shape index (κ3) is 10.1. The molecule has 0 aliphatic heterocycles. The minimum absolute atomic E-state index is 0.107. The molecule has 2 unspecified atom stereocenters. The van der Waals surface area contributed by atoms with Gasteiger partial charge < -0.3 is 26.6 Å². The van der Waals surface area contributed by atoms with Crippen LogP contribution >= 0.6 is 11.8 Å². The van der Waals surface area contributed by atoms with E-state index >= 15 is 0 Å². The largest absolute Gasteiger partial charge is 0.398 e. The predicted octanol–water partition coefficient (Wildman–Crippen LogP) is 5.48. The van der Waals surface area contributed by atoms with Crippen LogP contribution in [0.15, 0.2) is 75.1 Å². The first-order valence-corrected chi connectivity index (χ1v) is 12.5. The van der Waals surface area contributed by atoms with E-state index in [0.717, 1.165) is 28.6 Å². The third-order valence-corrected chi connectivity index (χ3v) is 7.09. The molecule has 36 heavy (non-hydrogen) atoms. The van der Waals surface area contributed by atoms with Gasteiger partial charge in [-0.3, -0.25) is 5.41 Å². The van der Waals surface area contributed by atoms with Crippen molar-refractivity contribution in [1.29, 1.82) is 10.8 Å². The number of nitrogens with zero attached hydrogens (tertiary/aromatic N) is 2. The highest BCUT2D eigenvalue weighted by molar-refractivity contribution is 8.25. The lowest BCUT2D eigenvalue weighted by Crippen LogP contribution is -2.35. The standard InChI is InChI=1S/C14H22N4.C10H10N2O2S2.CH2O/c1-9(15)14(10(2)18(4)11(3)16)12-7-5-6-8-13(12)17;1-7(11)15-8(2)16(14)10-5-3-9(12-13)4-6-10;1-2/h5-8,11,15H,16-17H2,1-4H3;3-6,11H,2H2,1H3;1H2/b14-10+,15-9?;;. The number of hydrogen-bond donors (Lipinski definition) is 4. The van der Waals surface area contributed by atoms with Gasteiger partial charge in [-0.25, -0.2) is 4.21 Å². The van der Waals surface area contributed by atoms with Gasteiger partial charge in [0.25, 0.3) is 0 Å². The van der Waals surface area contributed by atoms with Crippen molar-refractivity contribution >= 4 is 57.1 Å². The van der Waals surface area contributed by atoms with Crippen molar-refractivity contribution in [3.63, 3.8) is 0 Å². The topological polar surface area (TPSA) is 167 Å². The lowest BCUT2D eigenvalue weighted by atomic mass is 9.98. The number of carbonyl (C=O) groups excluding carboxylic acids is 1. The molecule has 0 bridgehead atoms. The molecule has 194 valence electrons. The summed E-state index contributed by atoms with van der Waals surface area (Å²) in [6.45, 7) is 12.9. The van der Waals surface area contributed by atoms with Crippen LogP contribution < -0.4 is 11.5 Å². The smallest absolute Gasteiger partial charge is 0.108 e. The van der Waals surface area contributed by atoms with Crippen LogP contribution in [0, 0.1) is 15.7 Å². The molecule has 0 aromatic heterocycles. The quantitative estimate of drug-likeness (QED) is 0.115. The number of allylic oxidation sites excluding steroid dienone is 2. The zero-order valence-corrected chi connectivity index (χ0v) is 22.8. The monoisotopic (exact) mass is 530 g/mol. The Morgan fingerprint density at radius 3 is 2.03 bits per heavy atom. The molecule has 0 saturated carbocycles. The molecule has 0 fully saturated rings. The Kier molecular flexibility index (Phi) is 14.8. The van der Waals surface area contributed by atoms with E-state index in [1.807, 2.05) is 56.8 Å². The molecule has 0 saturated heterocycles. The summed E-state index contributed by atoms with van der Waals surface area (Å²) in [4.78, 5) is 20.7. The maximum atomic E-state index is 11.9. The second-order valence-electron chi connectivity index (χ2n) is 7.41. The zero-order chi connectivity index (χ0) is 28.0. The first-order chi connectivity index (χ1) is 16.9. The number of anilines is 1. The Bertz CT molecular complexity index is 1130. The first kappa shape index (κ1) is 32.6. The van der Waals surface area contributed by atoms with Crippen LogP contribution in [-0.4, -0.2) is 39.9 Å². The number of nitroso groups, excluding NO2 is 1. The van der Waals surface area contributed by atoms with Crippen LogP contribution in [0.4, 0.5) is 11.4 Å². The number of rotatable bonds is 8. The van der Waals surface area contributed by atoms with Crippen molar-refractivity contribution < 1.29 is 9.00 Å². The number of nitrogen functional groups attached to an aromatic ring is 1. The maximum absolute atomic E-state index is 11.9. The number of para-hydroxylation sites is 1. The second kappa shape index (κ2) is 16.3. The summed E-state index contributed by atoms with van der Waals surface area (Å²) in [6, 6.07) is 13.7. The summed E-state index contributed by atoms with van der Waals surface area (Å²) in [5.41, 5.74) is 16.0. The van der Waals surface area contributed by atoms with Gasteiger partial charge in [0.05, 0.1) is 26.2 Å². The highest BCUT2D eigenvalue weighted by atomic mass is 32.2. The number of thioether (sulfide) groups is 1. The van der Waals surface area contributed by atoms with E-state index in [0.29, 0.717) is 31.3 Å². The summed E-state index contributed by atoms with van der Waals surface area (Å²) < 4.78 is 12.3. The molecule has 2 aromatic rings. The molecule has 2 atom stereocenters. The van der Waals surface area contributed by atoms with Crippen molar-refractivity contribution in [3.05, 3.63) is 75.5 Å². The molecule has 2 aromatic carbocycles. The van der Waals surface area contributed by atoms with Gasteiger partial charge in [0.15, 0.2) is 0 Å². The van der Waals surface area contributed by atoms with Gasteiger partial charge in [-0.2, -0.15) is 0 Å². The summed E-state index contributed by atoms with van der Waals surface area (Å²) in [6.07, 6.45) is -0.107. The normalized spacial score (nSPS) is 12.3. The highest BCUT2D eigenvalue weighted by Gasteiger charge is 2.15. The first-order valence-electron chi connectivity index (χ1n) is 10.6. The van der Waals surface area contributed by atoms with E-state index in [1.54, 1.807) is 26.0 Å². The minimum Gasteiger partial charge on any atom is -0.398 e. The van der Waals surface area contributed by atoms with E-state index in [-0.39, 0.29) is 6.17 Å². The van der Waals surface area contributed by atoms with Crippen LogP contribution in [0.3, 0.4) is 0 Å². The zero-order valence-electron chi connectivity index (χ0n) is 21.2. The molecular formula is C25H34N6O3S2. The van der Waals surface area contributed by atoms with E-state index in [1.165, 1.54) is 12.1 Å². The molecule has 0 aliphatic rings. The van der Waals surface area contributed by atoms with Gasteiger partial charge >= 0.3 is 0 Å². The van der Waals surface area contributed by atoms with Gasteiger partial charge in [0.1, 0.15) is 12.5 Å². The number of benzene rings is 2. The Balaban J connectivity index is 0.000000640. The molecular weight excluding hydrogens is 496 g/mol. The summed E-state index contributed by atoms with van der Waals surface area (Å²) in [5.74, 6) is 0. The Hall–Kier alpha value is -3.41. The SMILES string of the molecule is C=C(SC(C)=N)S(=O)c1ccc(N=O)cc1.C=O.CC(=N)/C(=C(/C)N(C)C(C)N)c1ccccc1N. The van der Waals surface area contributed by atoms with E-state index in [9.17, 15) is 9.12 Å². The molecule has 0 aliphatic carbocycles. The average molecular weight is 531 g/mol. The maximum Gasteiger partial charge on any atom is 0.108 e. The lowest BCUT2D eigenvalue weighted by molar-refractivity contribution is -0.0980. The number of hydrogen-bond acceptors (Lipinski definition) is 10. The Morgan fingerprint density at radius 2 is 1.61 bits per heavy atom. The van der Waals surface area contributed by atoms with Gasteiger partial charge in [-0.15, -0.1) is 4.91 Å². The van der Waals surface area contributed by atoms with Gasteiger partial charge in [0, 0.05) is 40.2 Å². The predicted molar refractivity (Wildman–Crippen MR) is 154 cm³/mol. The summed E-state index contributed by atoms with van der Waals surface area (Å²) in [7, 11) is 0.544. The third-order valence-electron chi connectivity index (χ3n) is 4.74. The molecule has 0 amide bonds. The number of nitrogens with two attached hydrogens (primary N) is 2. The number of carbonyl (C=O) groups is 1. The van der Waals surface area contributed by atoms with Crippen molar-refractivity contribution in [1.82, 2.24) is 4.90 Å². The minimum atomic E-state index is -1.38. The fourth-order valence-corrected chi connectivity index (χ4v) is 4.80. The van der Waals surface area contributed by atoms with E-state index in [4.69, 9.17) is 27.1 Å². The van der Waals surface area contributed by atoms with Crippen LogP contribution in [0.25, 0.3) is 5.57 Å². The van der Waals surface area contributed by atoms with Gasteiger partial charge in [-0.05, 0) is 63.2 Å². The molecule has 0 spiro atoms. The Labute approximate surface area is 219 Å². The molecule has 0 radical (unpaired) electrons. The van der Waals surface area contributed by atoms with Crippen LogP contribution in [0.1, 0.15) is 33.3 Å². The summed E-state index contributed by atoms with van der Waals surface area (Å²) >= 11 is 1.07. The van der Waals surface area contributed by atoms with Crippen LogP contribution in [-0.2, 0) is 15.6 Å². The fourth-order valence-electron chi connectivity index (χ4n) is 2.85. The average Bonchev–Trinajstić information content (AvgIpc) is 2.85. The molecule has 9 nitrogen and oxygen atoms in total. The van der Waals surface area contributed by atoms with Crippen molar-refractivity contribution in [2.24, 2.45) is 10.9 Å². The molecule has 2 rings (SSSR count). The van der Waals surface area contributed by atoms with Crippen molar-refractivity contribution in [3.8, 4) is 0 Å². The van der Waals surface area contributed by atoms with Crippen LogP contribution in [0.5, 0.6) is 0 Å². The lowest BCUT2D eigenvalue weighted by Gasteiger charge is -2.27. The van der Waals surface area contributed by atoms with Crippen LogP contribution in [0.2, 0.25) is 0 Å². The second-order valence-corrected chi connectivity index (χ2v) is 10.5. The highest BCUT2D eigenvalue weighted by Crippen LogP contribution is 2.27. The summed E-state index contributed by atoms with van der Waals surface area (Å²) in [5, 5.41) is 18.3. The van der Waals surface area contributed by atoms with Gasteiger partial charge in [-0.1, -0.05) is 36.5 Å². The molecule has 6 N–H and O–H groups in total. The van der Waals surface area contributed by atoms with Crippen molar-refractivity contribution in [2.45, 2.75) is 38.8 Å². The fraction of sp³-hybridized carbons (Fsp3) is 0.240. The van der Waals surface area contributed by atoms with Gasteiger partial charge in [0.2, 0.25) is 0 Å². The van der Waals surface area contributed by atoms with E-state index < -0.39 is 10.8 Å². The van der Waals surface area contributed by atoms with E-state index in [2.05, 4.69) is 11.8 Å². The molecule has 0 heterocycles. The van der Waals surface area contributed by atoms with Crippen molar-refractivity contribution in [2.75, 3.05) is 12.8 Å². The number of nitrogens with one attached hydrogen (secondary N) is 2.